The molecule has 21 heavy (non-hydrogen) atoms. The van der Waals surface area contributed by atoms with Crippen molar-refractivity contribution >= 4 is 50.4 Å². The molecule has 1 radical (unpaired) electrons. The van der Waals surface area contributed by atoms with E-state index in [2.05, 4.69) is 6.92 Å². The largest absolute Gasteiger partial charge is 0.297 e. The summed E-state index contributed by atoms with van der Waals surface area (Å²) in [5.41, 5.74) is 0. The van der Waals surface area contributed by atoms with Crippen LogP contribution in [0, 0.1) is 0 Å². The predicted octanol–water partition coefficient (Wildman–Crippen LogP) is 3.74. The van der Waals surface area contributed by atoms with Crippen LogP contribution in [-0.4, -0.2) is 44.6 Å². The second-order valence-corrected chi connectivity index (χ2v) is 6.40. The summed E-state index contributed by atoms with van der Waals surface area (Å²) in [6.45, 7) is 2.37. The molecule has 109 valence electrons. The van der Waals surface area contributed by atoms with Gasteiger partial charge in [0.05, 0.1) is 6.61 Å². The van der Waals surface area contributed by atoms with E-state index >= 15 is 0 Å². The number of benzene rings is 2. The molecule has 0 unspecified atom stereocenters. The van der Waals surface area contributed by atoms with Crippen molar-refractivity contribution in [2.24, 2.45) is 0 Å². The summed E-state index contributed by atoms with van der Waals surface area (Å²) in [4.78, 5) is 0.256. The van der Waals surface area contributed by atoms with Crippen LogP contribution >= 0.6 is 0 Å². The van der Waals surface area contributed by atoms with Gasteiger partial charge in [-0.25, -0.2) is 0 Å². The molecule has 0 bridgehead atoms. The van der Waals surface area contributed by atoms with Gasteiger partial charge in [-0.1, -0.05) is 62.6 Å². The van der Waals surface area contributed by atoms with Crippen molar-refractivity contribution in [2.75, 3.05) is 6.61 Å². The molecule has 0 aromatic heterocycles. The molecule has 0 N–H and O–H groups in total. The normalized spacial score (nSPS) is 11.3. The number of hydrogen-bond acceptors (Lipinski definition) is 3. The molecule has 2 rings (SSSR count). The Morgan fingerprint density at radius 2 is 1.67 bits per heavy atom. The first kappa shape index (κ1) is 18.7. The van der Waals surface area contributed by atoms with E-state index in [1.165, 1.54) is 0 Å². The van der Waals surface area contributed by atoms with Gasteiger partial charge in [-0.05, 0) is 17.9 Å². The van der Waals surface area contributed by atoms with Gasteiger partial charge < -0.3 is 0 Å². The van der Waals surface area contributed by atoms with Crippen LogP contribution in [0.3, 0.4) is 0 Å². The van der Waals surface area contributed by atoms with Gasteiger partial charge in [0.1, 0.15) is 4.90 Å². The summed E-state index contributed by atoms with van der Waals surface area (Å²) in [7, 11) is -3.67. The zero-order chi connectivity index (χ0) is 14.4. The molecule has 0 atom stereocenters. The topological polar surface area (TPSA) is 43.4 Å². The zero-order valence-corrected chi connectivity index (χ0v) is 15.5. The number of fused-ring (bicyclic) bond motifs is 1. The van der Waals surface area contributed by atoms with Gasteiger partial charge in [-0.3, -0.25) is 4.18 Å². The van der Waals surface area contributed by atoms with Crippen molar-refractivity contribution < 1.29 is 12.6 Å². The van der Waals surface area contributed by atoms with Crippen LogP contribution < -0.4 is 0 Å². The van der Waals surface area contributed by atoms with Crippen molar-refractivity contribution in [3.05, 3.63) is 42.5 Å². The second kappa shape index (κ2) is 8.91. The molecule has 0 spiro atoms. The van der Waals surface area contributed by atoms with Gasteiger partial charge in [0.2, 0.25) is 0 Å². The molecule has 0 amide bonds. The van der Waals surface area contributed by atoms with E-state index in [9.17, 15) is 8.42 Å². The summed E-state index contributed by atoms with van der Waals surface area (Å²) >= 11 is 0. The Hall–Kier alpha value is -0.390. The summed E-state index contributed by atoms with van der Waals surface area (Å²) in [5, 5.41) is 1.62. The molecule has 0 fully saturated rings. The van der Waals surface area contributed by atoms with Crippen LogP contribution in [0.5, 0.6) is 0 Å². The average molecular weight is 315 g/mol. The van der Waals surface area contributed by atoms with Crippen LogP contribution in [0.25, 0.3) is 10.8 Å². The number of hydrogen-bond donors (Lipinski definition) is 0. The first-order chi connectivity index (χ1) is 9.65. The van der Waals surface area contributed by atoms with Crippen molar-refractivity contribution in [1.82, 2.24) is 0 Å². The van der Waals surface area contributed by atoms with Crippen LogP contribution in [0.2, 0.25) is 0 Å². The van der Waals surface area contributed by atoms with E-state index in [1.807, 2.05) is 30.3 Å². The van der Waals surface area contributed by atoms with E-state index < -0.39 is 10.1 Å². The number of unbranched alkanes of at least 4 members (excludes halogenated alkanes) is 3. The molecule has 0 aliphatic heterocycles. The summed E-state index contributed by atoms with van der Waals surface area (Å²) < 4.78 is 29.7. The van der Waals surface area contributed by atoms with Gasteiger partial charge in [0.25, 0.3) is 10.1 Å². The third-order valence-corrected chi connectivity index (χ3v) is 4.63. The van der Waals surface area contributed by atoms with Gasteiger partial charge in [-0.2, -0.15) is 8.42 Å². The molecule has 0 saturated carbocycles. The third-order valence-electron chi connectivity index (χ3n) is 3.26. The molecular weight excluding hydrogens is 295 g/mol. The predicted molar refractivity (Wildman–Crippen MR) is 87.0 cm³/mol. The van der Waals surface area contributed by atoms with Crippen LogP contribution in [0.1, 0.15) is 32.6 Å². The minimum absolute atomic E-state index is 0. The maximum Gasteiger partial charge on any atom is 0.297 e. The third kappa shape index (κ3) is 5.08. The monoisotopic (exact) mass is 315 g/mol. The summed E-state index contributed by atoms with van der Waals surface area (Å²) in [5.74, 6) is 0. The maximum absolute atomic E-state index is 12.3. The molecule has 2 aromatic carbocycles. The number of rotatable bonds is 7. The van der Waals surface area contributed by atoms with Crippen molar-refractivity contribution in [3.8, 4) is 0 Å². The SMILES string of the molecule is CCCCCCOS(=O)(=O)c1cccc2ccccc12.[Na]. The molecule has 5 heteroatoms. The molecule has 2 aromatic rings. The molecule has 0 heterocycles. The molecular formula is C16H20NaO3S. The Labute approximate surface area is 149 Å². The minimum Gasteiger partial charge on any atom is -0.266 e. The average Bonchev–Trinajstić information content (AvgIpc) is 2.46. The smallest absolute Gasteiger partial charge is 0.266 e. The zero-order valence-electron chi connectivity index (χ0n) is 12.7. The fraction of sp³-hybridized carbons (Fsp3) is 0.375. The quantitative estimate of drug-likeness (QED) is 0.444. The van der Waals surface area contributed by atoms with Gasteiger partial charge in [0, 0.05) is 34.9 Å². The first-order valence-electron chi connectivity index (χ1n) is 7.02. The molecule has 0 saturated heterocycles. The van der Waals surface area contributed by atoms with E-state index in [0.717, 1.165) is 31.1 Å². The van der Waals surface area contributed by atoms with Crippen LogP contribution in [0.15, 0.2) is 47.4 Å². The Morgan fingerprint density at radius 1 is 0.952 bits per heavy atom. The Morgan fingerprint density at radius 3 is 2.43 bits per heavy atom. The maximum atomic E-state index is 12.3. The Balaban J connectivity index is 0.00000220. The Bertz CT molecular complexity index is 663. The van der Waals surface area contributed by atoms with Crippen molar-refractivity contribution in [2.45, 2.75) is 37.5 Å². The van der Waals surface area contributed by atoms with Gasteiger partial charge in [-0.15, -0.1) is 0 Å². The summed E-state index contributed by atoms with van der Waals surface area (Å²) in [6.07, 6.45) is 4.01. The van der Waals surface area contributed by atoms with Gasteiger partial charge >= 0.3 is 0 Å². The van der Waals surface area contributed by atoms with Crippen LogP contribution in [0.4, 0.5) is 0 Å². The van der Waals surface area contributed by atoms with E-state index in [1.54, 1.807) is 12.1 Å². The molecule has 3 nitrogen and oxygen atoms in total. The Kier molecular flexibility index (Phi) is 7.92. The van der Waals surface area contributed by atoms with Gasteiger partial charge in [0.15, 0.2) is 0 Å². The van der Waals surface area contributed by atoms with E-state index in [4.69, 9.17) is 4.18 Å². The van der Waals surface area contributed by atoms with Crippen LogP contribution in [-0.2, 0) is 14.3 Å². The fourth-order valence-corrected chi connectivity index (χ4v) is 3.34. The van der Waals surface area contributed by atoms with E-state index in [0.29, 0.717) is 5.39 Å². The first-order valence-corrected chi connectivity index (χ1v) is 8.43. The molecule has 0 aliphatic rings. The minimum atomic E-state index is -3.67. The van der Waals surface area contributed by atoms with E-state index in [-0.39, 0.29) is 41.1 Å². The van der Waals surface area contributed by atoms with Crippen molar-refractivity contribution in [3.63, 3.8) is 0 Å². The van der Waals surface area contributed by atoms with Crippen molar-refractivity contribution in [1.29, 1.82) is 0 Å². The second-order valence-electron chi connectivity index (χ2n) is 4.81. The summed E-state index contributed by atoms with van der Waals surface area (Å²) in [6, 6.07) is 12.7. The standard InChI is InChI=1S/C16H20O3S.Na/c1-2-3-4-7-13-19-20(17,18)16-12-8-10-14-9-5-6-11-15(14)16;/h5-6,8-12H,2-4,7,13H2,1H3;. The fourth-order valence-electron chi connectivity index (χ4n) is 2.17. The molecule has 0 aliphatic carbocycles.